The summed E-state index contributed by atoms with van der Waals surface area (Å²) in [5.41, 5.74) is 0.461. The molecule has 2 rings (SSSR count). The summed E-state index contributed by atoms with van der Waals surface area (Å²) in [6.07, 6.45) is 14.3. The van der Waals surface area contributed by atoms with Crippen LogP contribution < -0.4 is 5.32 Å². The average Bonchev–Trinajstić information content (AvgIpc) is 2.90. The molecule has 0 unspecified atom stereocenters. The van der Waals surface area contributed by atoms with Gasteiger partial charge in [0, 0.05) is 12.1 Å². The highest BCUT2D eigenvalue weighted by molar-refractivity contribution is 4.90. The molecule has 2 aliphatic carbocycles. The van der Waals surface area contributed by atoms with Crippen LogP contribution in [-0.2, 0) is 0 Å². The average molecular weight is 252 g/mol. The summed E-state index contributed by atoms with van der Waals surface area (Å²) in [4.78, 5) is 2.59. The molecule has 2 nitrogen and oxygen atoms in total. The lowest BCUT2D eigenvalue weighted by Gasteiger charge is -2.38. The Morgan fingerprint density at radius 3 is 2.33 bits per heavy atom. The lowest BCUT2D eigenvalue weighted by atomic mass is 9.79. The molecule has 0 atom stereocenters. The van der Waals surface area contributed by atoms with Crippen LogP contribution in [0.1, 0.15) is 64.2 Å². The van der Waals surface area contributed by atoms with Gasteiger partial charge in [0.15, 0.2) is 0 Å². The van der Waals surface area contributed by atoms with E-state index in [0.717, 1.165) is 5.92 Å². The van der Waals surface area contributed by atoms with Crippen LogP contribution in [0.25, 0.3) is 0 Å². The van der Waals surface area contributed by atoms with Gasteiger partial charge in [-0.15, -0.1) is 0 Å². The number of nitrogens with one attached hydrogen (secondary N) is 1. The first-order valence-corrected chi connectivity index (χ1v) is 8.12. The van der Waals surface area contributed by atoms with Gasteiger partial charge in [0.1, 0.15) is 0 Å². The number of hydrogen-bond acceptors (Lipinski definition) is 2. The van der Waals surface area contributed by atoms with Crippen LogP contribution >= 0.6 is 0 Å². The van der Waals surface area contributed by atoms with Crippen molar-refractivity contribution < 1.29 is 0 Å². The van der Waals surface area contributed by atoms with Crippen molar-refractivity contribution >= 4 is 0 Å². The summed E-state index contributed by atoms with van der Waals surface area (Å²) < 4.78 is 0. The lowest BCUT2D eigenvalue weighted by molar-refractivity contribution is 0.186. The molecule has 0 spiro atoms. The number of rotatable bonds is 6. The number of hydrogen-bond donors (Lipinski definition) is 1. The van der Waals surface area contributed by atoms with E-state index in [1.54, 1.807) is 0 Å². The van der Waals surface area contributed by atoms with Gasteiger partial charge in [-0.05, 0) is 58.7 Å². The van der Waals surface area contributed by atoms with Crippen molar-refractivity contribution in [3.8, 4) is 0 Å². The van der Waals surface area contributed by atoms with Crippen molar-refractivity contribution in [1.82, 2.24) is 10.2 Å². The van der Waals surface area contributed by atoms with Crippen molar-refractivity contribution in [3.05, 3.63) is 0 Å². The summed E-state index contributed by atoms with van der Waals surface area (Å²) in [7, 11) is 4.49. The van der Waals surface area contributed by atoms with Crippen LogP contribution in [0.15, 0.2) is 0 Å². The Bertz CT molecular complexity index is 227. The predicted molar refractivity (Wildman–Crippen MR) is 78.9 cm³/mol. The van der Waals surface area contributed by atoms with E-state index in [-0.39, 0.29) is 0 Å². The number of nitrogens with zero attached hydrogens (tertiary/aromatic N) is 1. The molecular weight excluding hydrogens is 220 g/mol. The maximum absolute atomic E-state index is 3.64. The van der Waals surface area contributed by atoms with E-state index in [9.17, 15) is 0 Å². The molecular formula is C16H32N2. The first-order valence-electron chi connectivity index (χ1n) is 8.12. The smallest absolute Gasteiger partial charge is 0.0190 e. The minimum Gasteiger partial charge on any atom is -0.314 e. The molecule has 2 aliphatic rings. The Labute approximate surface area is 114 Å². The van der Waals surface area contributed by atoms with Crippen LogP contribution in [0.4, 0.5) is 0 Å². The highest BCUT2D eigenvalue weighted by Crippen LogP contribution is 2.31. The third kappa shape index (κ3) is 3.96. The second-order valence-corrected chi connectivity index (χ2v) is 6.75. The van der Waals surface area contributed by atoms with Crippen molar-refractivity contribution in [2.24, 2.45) is 5.92 Å². The Morgan fingerprint density at radius 2 is 1.72 bits per heavy atom. The SMILES string of the molecule is CNC1(CCN(C)CC2CCCC2)CCCCC1. The lowest BCUT2D eigenvalue weighted by Crippen LogP contribution is -2.47. The first-order chi connectivity index (χ1) is 8.74. The van der Waals surface area contributed by atoms with Crippen LogP contribution in [0, 0.1) is 5.92 Å². The maximum Gasteiger partial charge on any atom is 0.0190 e. The second-order valence-electron chi connectivity index (χ2n) is 6.75. The monoisotopic (exact) mass is 252 g/mol. The van der Waals surface area contributed by atoms with Crippen LogP contribution in [-0.4, -0.2) is 37.6 Å². The summed E-state index contributed by atoms with van der Waals surface area (Å²) in [6.45, 7) is 2.61. The predicted octanol–water partition coefficient (Wildman–Crippen LogP) is 3.42. The van der Waals surface area contributed by atoms with Crippen molar-refractivity contribution in [3.63, 3.8) is 0 Å². The van der Waals surface area contributed by atoms with Gasteiger partial charge in [0.2, 0.25) is 0 Å². The largest absolute Gasteiger partial charge is 0.314 e. The van der Waals surface area contributed by atoms with E-state index >= 15 is 0 Å². The third-order valence-electron chi connectivity index (χ3n) is 5.36. The Balaban J connectivity index is 1.71. The topological polar surface area (TPSA) is 15.3 Å². The molecule has 0 aromatic rings. The molecule has 0 heterocycles. The van der Waals surface area contributed by atoms with Gasteiger partial charge < -0.3 is 10.2 Å². The molecule has 0 amide bonds. The maximum atomic E-state index is 3.64. The Hall–Kier alpha value is -0.0800. The highest BCUT2D eigenvalue weighted by Gasteiger charge is 2.30. The van der Waals surface area contributed by atoms with E-state index in [4.69, 9.17) is 0 Å². The van der Waals surface area contributed by atoms with E-state index < -0.39 is 0 Å². The van der Waals surface area contributed by atoms with Gasteiger partial charge in [-0.1, -0.05) is 32.1 Å². The van der Waals surface area contributed by atoms with Gasteiger partial charge in [-0.25, -0.2) is 0 Å². The molecule has 0 aromatic carbocycles. The molecule has 106 valence electrons. The van der Waals surface area contributed by atoms with Crippen molar-refractivity contribution in [2.75, 3.05) is 27.2 Å². The van der Waals surface area contributed by atoms with Crippen LogP contribution in [0.5, 0.6) is 0 Å². The molecule has 2 saturated carbocycles. The van der Waals surface area contributed by atoms with Gasteiger partial charge in [0.25, 0.3) is 0 Å². The van der Waals surface area contributed by atoms with Crippen molar-refractivity contribution in [1.29, 1.82) is 0 Å². The standard InChI is InChI=1S/C16H32N2/c1-17-16(10-6-3-7-11-16)12-13-18(2)14-15-8-4-5-9-15/h15,17H,3-14H2,1-2H3. The normalized spacial score (nSPS) is 24.8. The van der Waals surface area contributed by atoms with E-state index in [1.807, 2.05) is 0 Å². The van der Waals surface area contributed by atoms with Gasteiger partial charge in [0.05, 0.1) is 0 Å². The minimum absolute atomic E-state index is 0.461. The van der Waals surface area contributed by atoms with E-state index in [2.05, 4.69) is 24.3 Å². The molecule has 0 radical (unpaired) electrons. The van der Waals surface area contributed by atoms with E-state index in [1.165, 1.54) is 77.3 Å². The van der Waals surface area contributed by atoms with Crippen LogP contribution in [0.3, 0.4) is 0 Å². The van der Waals surface area contributed by atoms with Gasteiger partial charge in [-0.3, -0.25) is 0 Å². The zero-order chi connectivity index (χ0) is 12.8. The van der Waals surface area contributed by atoms with Crippen molar-refractivity contribution in [2.45, 2.75) is 69.7 Å². The summed E-state index contributed by atoms with van der Waals surface area (Å²) >= 11 is 0. The second kappa shape index (κ2) is 6.91. The van der Waals surface area contributed by atoms with Gasteiger partial charge >= 0.3 is 0 Å². The van der Waals surface area contributed by atoms with Gasteiger partial charge in [-0.2, -0.15) is 0 Å². The molecule has 18 heavy (non-hydrogen) atoms. The quantitative estimate of drug-likeness (QED) is 0.779. The zero-order valence-corrected chi connectivity index (χ0v) is 12.5. The Kier molecular flexibility index (Phi) is 5.50. The fraction of sp³-hybridized carbons (Fsp3) is 1.00. The Morgan fingerprint density at radius 1 is 1.06 bits per heavy atom. The fourth-order valence-corrected chi connectivity index (χ4v) is 3.98. The highest BCUT2D eigenvalue weighted by atomic mass is 15.1. The molecule has 1 N–H and O–H groups in total. The molecule has 0 saturated heterocycles. The van der Waals surface area contributed by atoms with Crippen LogP contribution in [0.2, 0.25) is 0 Å². The van der Waals surface area contributed by atoms with E-state index in [0.29, 0.717) is 5.54 Å². The minimum atomic E-state index is 0.461. The summed E-state index contributed by atoms with van der Waals surface area (Å²) in [5.74, 6) is 0.992. The molecule has 0 aliphatic heterocycles. The summed E-state index contributed by atoms with van der Waals surface area (Å²) in [6, 6.07) is 0. The summed E-state index contributed by atoms with van der Waals surface area (Å²) in [5, 5.41) is 3.64. The third-order valence-corrected chi connectivity index (χ3v) is 5.36. The zero-order valence-electron chi connectivity index (χ0n) is 12.5. The molecule has 0 aromatic heterocycles. The molecule has 2 heteroatoms. The molecule has 0 bridgehead atoms. The molecule has 2 fully saturated rings. The first kappa shape index (κ1) is 14.3. The fourth-order valence-electron chi connectivity index (χ4n) is 3.98.